The van der Waals surface area contributed by atoms with Crippen molar-refractivity contribution in [1.29, 1.82) is 0 Å². The first-order valence-corrected chi connectivity index (χ1v) is 26.3. The van der Waals surface area contributed by atoms with Gasteiger partial charge in [0.15, 0.2) is 0 Å². The van der Waals surface area contributed by atoms with Crippen LogP contribution in [0.3, 0.4) is 0 Å². The van der Waals surface area contributed by atoms with Crippen molar-refractivity contribution in [3.63, 3.8) is 0 Å². The fourth-order valence-electron chi connectivity index (χ4n) is 10.9. The Kier molecular flexibility index (Phi) is 12.9. The van der Waals surface area contributed by atoms with E-state index in [0.29, 0.717) is 48.7 Å². The van der Waals surface area contributed by atoms with E-state index in [1.54, 1.807) is 48.2 Å². The van der Waals surface area contributed by atoms with E-state index in [2.05, 4.69) is 82.1 Å². The number of nitrogens with one attached hydrogen (secondary N) is 6. The molecule has 10 heterocycles. The van der Waals surface area contributed by atoms with Crippen molar-refractivity contribution in [3.05, 3.63) is 204 Å². The van der Waals surface area contributed by atoms with Crippen LogP contribution >= 0.6 is 0 Å². The van der Waals surface area contributed by atoms with Crippen LogP contribution in [0.2, 0.25) is 0 Å². The van der Waals surface area contributed by atoms with Gasteiger partial charge in [0.05, 0.1) is 59.1 Å². The summed E-state index contributed by atoms with van der Waals surface area (Å²) < 4.78 is 33.0. The molecule has 21 heteroatoms. The number of para-hydroxylation sites is 2. The van der Waals surface area contributed by atoms with Crippen molar-refractivity contribution >= 4 is 33.8 Å². The fourth-order valence-corrected chi connectivity index (χ4v) is 10.9. The summed E-state index contributed by atoms with van der Waals surface area (Å²) in [6, 6.07) is 25.9. The minimum absolute atomic E-state index is 0.0617. The Bertz CT molecular complexity index is 4010. The highest BCUT2D eigenvalue weighted by molar-refractivity contribution is 5.96. The highest BCUT2D eigenvalue weighted by Gasteiger charge is 2.56. The monoisotopic (exact) mass is 1070 g/mol. The van der Waals surface area contributed by atoms with Crippen LogP contribution in [0.5, 0.6) is 0 Å². The van der Waals surface area contributed by atoms with Gasteiger partial charge in [0.25, 0.3) is 0 Å². The molecular weight excluding hydrogens is 1020 g/mol. The Morgan fingerprint density at radius 3 is 2.10 bits per heavy atom. The summed E-state index contributed by atoms with van der Waals surface area (Å²) in [5.74, 6) is 2.96. The van der Waals surface area contributed by atoms with Gasteiger partial charge in [-0.05, 0) is 112 Å². The van der Waals surface area contributed by atoms with Crippen LogP contribution < -0.4 is 10.6 Å². The third kappa shape index (κ3) is 8.79. The Hall–Kier alpha value is -9.47. The number of aromatic amines is 4. The van der Waals surface area contributed by atoms with Crippen LogP contribution in [0.1, 0.15) is 89.9 Å². The van der Waals surface area contributed by atoms with Crippen molar-refractivity contribution < 1.29 is 23.2 Å². The van der Waals surface area contributed by atoms with Gasteiger partial charge in [-0.2, -0.15) is 10.1 Å². The number of amides is 1. The number of halogens is 1. The summed E-state index contributed by atoms with van der Waals surface area (Å²) >= 11 is 0. The second-order valence-electron chi connectivity index (χ2n) is 20.6. The van der Waals surface area contributed by atoms with Crippen LogP contribution in [0, 0.1) is 19.7 Å². The van der Waals surface area contributed by atoms with Crippen molar-refractivity contribution in [2.45, 2.75) is 76.7 Å². The molecule has 7 aromatic heterocycles. The first kappa shape index (κ1) is 51.3. The van der Waals surface area contributed by atoms with E-state index in [9.17, 15) is 9.18 Å². The average Bonchev–Trinajstić information content (AvgIpc) is 4.45. The highest BCUT2D eigenvalue weighted by Crippen LogP contribution is 2.48. The molecule has 3 aliphatic heterocycles. The van der Waals surface area contributed by atoms with Gasteiger partial charge >= 0.3 is 6.09 Å². The number of hydrogen-bond acceptors (Lipinski definition) is 14. The largest absolute Gasteiger partial charge is 0.421 e. The van der Waals surface area contributed by atoms with Gasteiger partial charge in [-0.1, -0.05) is 54.2 Å². The Morgan fingerprint density at radius 2 is 1.49 bits per heavy atom. The van der Waals surface area contributed by atoms with E-state index in [1.165, 1.54) is 17.0 Å². The molecule has 20 nitrogen and oxygen atoms in total. The number of nitrogens with zero attached hydrogens (tertiary/aromatic N) is 10. The molecule has 2 unspecified atom stereocenters. The van der Waals surface area contributed by atoms with Gasteiger partial charge in [-0.3, -0.25) is 20.3 Å². The predicted molar refractivity (Wildman–Crippen MR) is 299 cm³/mol. The van der Waals surface area contributed by atoms with Crippen molar-refractivity contribution in [3.8, 4) is 22.6 Å². The lowest BCUT2D eigenvalue weighted by atomic mass is 9.78. The first-order valence-electron chi connectivity index (χ1n) is 26.3. The van der Waals surface area contributed by atoms with E-state index in [-0.39, 0.29) is 29.7 Å². The molecule has 0 bridgehead atoms. The van der Waals surface area contributed by atoms with E-state index in [4.69, 9.17) is 29.1 Å². The van der Waals surface area contributed by atoms with Gasteiger partial charge in [-0.15, -0.1) is 5.10 Å². The number of imidazole rings is 2. The fraction of sp³-hybridized carbons (Fsp3) is 0.254. The Labute approximate surface area is 459 Å². The molecule has 0 saturated heterocycles. The molecule has 0 fully saturated rings. The number of fused-ring (bicyclic) bond motifs is 6. The molecule has 4 atom stereocenters. The summed E-state index contributed by atoms with van der Waals surface area (Å²) in [5, 5.41) is 25.0. The number of carbonyl (C=O) groups is 1. The third-order valence-corrected chi connectivity index (χ3v) is 15.2. The molecule has 1 amide bonds. The standard InChI is InChI=1S/C31H32FN7O2.C28H27N9O2/c1-18(2)39(5)30(40)41-19(3)31(21-15-34-38(4)17-21)28-24(23-8-6-7-9-25(23)35-28)14-26(37-31)29-33-16-27(36-29)20-10-12-22(32)13-11-20;1-5-37-17(4)38-27(35-37)28(26-31-16(3)39-36-26)24-19(18-8-6-7-9-20(18)32-24)12-22(34-28)25-30-14-23(33-25)21-11-10-15(2)13-29-21/h6-13,15-18,26,35,37H,3,14H2,1-2,4-5H3,(H,33,36);6-11,13-14,22,32,34H,4-5,12H2,1-3H3,(H,30,33)/t26-,31?;22-,28?/m11/s1. The van der Waals surface area contributed by atoms with Crippen LogP contribution in [0.4, 0.5) is 9.18 Å². The van der Waals surface area contributed by atoms with Gasteiger partial charge in [0, 0.05) is 73.4 Å². The lowest BCUT2D eigenvalue weighted by molar-refractivity contribution is 0.110. The second kappa shape index (κ2) is 20.1. The molecule has 0 spiro atoms. The van der Waals surface area contributed by atoms with Crippen LogP contribution in [-0.4, -0.2) is 96.3 Å². The molecule has 80 heavy (non-hydrogen) atoms. The zero-order chi connectivity index (χ0) is 55.6. The summed E-state index contributed by atoms with van der Waals surface area (Å²) in [5.41, 5.74) is 8.50. The number of pyridine rings is 1. The van der Waals surface area contributed by atoms with Crippen molar-refractivity contribution in [2.75, 3.05) is 13.6 Å². The second-order valence-corrected chi connectivity index (χ2v) is 20.6. The summed E-state index contributed by atoms with van der Waals surface area (Å²) in [4.78, 5) is 47.6. The SMILES string of the molecule is C=C(OC(=O)N(C)C(C)C)C1(c2cnn(C)c2)N[C@@H](c2ncc(-c3ccc(F)cc3)[nH]2)Cc2c1[nH]c1ccccc21.C=C1OC(C2(c3noc(C)n3)N[C@@H](c3ncc(-c4ccc(C)cn4)[nH]3)Cc3c2[nH]c2ccccc32)=NN1CC. The number of benzene rings is 3. The zero-order valence-electron chi connectivity index (χ0n) is 45.2. The average molecular weight is 1080 g/mol. The highest BCUT2D eigenvalue weighted by atomic mass is 19.1. The number of carbonyl (C=O) groups excluding carboxylic acids is 1. The first-order chi connectivity index (χ1) is 38.6. The lowest BCUT2D eigenvalue weighted by Crippen LogP contribution is -2.56. The van der Waals surface area contributed by atoms with E-state index >= 15 is 0 Å². The Morgan fingerprint density at radius 1 is 0.838 bits per heavy atom. The smallest absolute Gasteiger partial charge is 0.414 e. The molecule has 3 aliphatic rings. The van der Waals surface area contributed by atoms with Gasteiger partial charge in [-0.25, -0.2) is 24.2 Å². The molecular formula is C59H59FN16O4. The maximum absolute atomic E-state index is 13.6. The van der Waals surface area contributed by atoms with Gasteiger partial charge in [0.2, 0.25) is 29.0 Å². The summed E-state index contributed by atoms with van der Waals surface area (Å²) in [6.07, 6.45) is 9.79. The minimum Gasteiger partial charge on any atom is -0.421 e. The molecule has 10 aromatic rings. The minimum atomic E-state index is -1.20. The quantitative estimate of drug-likeness (QED) is 0.0663. The molecule has 406 valence electrons. The molecule has 0 saturated carbocycles. The van der Waals surface area contributed by atoms with Crippen LogP contribution in [-0.2, 0) is 40.4 Å². The van der Waals surface area contributed by atoms with Crippen molar-refractivity contribution in [1.82, 2.24) is 75.4 Å². The summed E-state index contributed by atoms with van der Waals surface area (Å²) in [7, 11) is 3.54. The third-order valence-electron chi connectivity index (χ3n) is 15.2. The van der Waals surface area contributed by atoms with Crippen LogP contribution in [0.15, 0.2) is 150 Å². The zero-order valence-corrected chi connectivity index (χ0v) is 45.2. The van der Waals surface area contributed by atoms with E-state index in [0.717, 1.165) is 83.9 Å². The summed E-state index contributed by atoms with van der Waals surface area (Å²) in [6.45, 7) is 18.6. The number of hydrazone groups is 1. The number of hydrogen-bond donors (Lipinski definition) is 6. The lowest BCUT2D eigenvalue weighted by Gasteiger charge is -2.42. The number of H-pyrrole nitrogens is 4. The molecule has 6 N–H and O–H groups in total. The maximum atomic E-state index is 13.6. The normalized spacial score (nSPS) is 19.6. The van der Waals surface area contributed by atoms with E-state index < -0.39 is 17.2 Å². The number of ether oxygens (including phenoxy) is 2. The molecule has 3 aromatic carbocycles. The van der Waals surface area contributed by atoms with Crippen molar-refractivity contribution in [2.24, 2.45) is 12.1 Å². The molecule has 0 aliphatic carbocycles. The molecule has 0 radical (unpaired) electrons. The van der Waals surface area contributed by atoms with Gasteiger partial charge in [0.1, 0.15) is 28.8 Å². The number of aromatic nitrogens is 11. The van der Waals surface area contributed by atoms with Crippen LogP contribution in [0.25, 0.3) is 44.5 Å². The number of rotatable bonds is 11. The Balaban J connectivity index is 0.000000159. The predicted octanol–water partition coefficient (Wildman–Crippen LogP) is 9.77. The number of aryl methyl sites for hydroxylation is 3. The topological polar surface area (TPSA) is 237 Å². The maximum Gasteiger partial charge on any atom is 0.414 e. The van der Waals surface area contributed by atoms with E-state index in [1.807, 2.05) is 95.8 Å². The van der Waals surface area contributed by atoms with Gasteiger partial charge < -0.3 is 38.8 Å². The molecule has 13 rings (SSSR count).